The Bertz CT molecular complexity index is 570. The van der Waals surface area contributed by atoms with Gasteiger partial charge in [-0.05, 0) is 31.9 Å². The lowest BCUT2D eigenvalue weighted by Gasteiger charge is -2.06. The van der Waals surface area contributed by atoms with Gasteiger partial charge in [-0.15, -0.1) is 0 Å². The van der Waals surface area contributed by atoms with Crippen molar-refractivity contribution in [2.75, 3.05) is 0 Å². The molecule has 0 aromatic carbocycles. The molecule has 0 bridgehead atoms. The molecular formula is C15H20N2O2. The normalized spacial score (nSPS) is 10.8. The first-order valence-corrected chi connectivity index (χ1v) is 6.81. The number of aromatic amines is 1. The molecule has 2 aromatic rings. The van der Waals surface area contributed by atoms with E-state index in [9.17, 15) is 4.79 Å². The van der Waals surface area contributed by atoms with Crippen molar-refractivity contribution in [2.24, 2.45) is 0 Å². The maximum Gasteiger partial charge on any atom is 0.254 e. The standard InChI is InChI=1S/C15H20N2O2/c1-3-4-5-8-13-11(2)16-14(17-15(13)18)10-12-7-6-9-19-12/h6-7,9H,3-5,8,10H2,1-2H3,(H,16,17,18). The second-order valence-electron chi connectivity index (χ2n) is 4.79. The molecule has 0 amide bonds. The van der Waals surface area contributed by atoms with E-state index in [2.05, 4.69) is 16.9 Å². The van der Waals surface area contributed by atoms with Crippen LogP contribution in [-0.4, -0.2) is 9.97 Å². The Morgan fingerprint density at radius 3 is 2.84 bits per heavy atom. The Morgan fingerprint density at radius 1 is 1.37 bits per heavy atom. The number of aromatic nitrogens is 2. The molecule has 1 N–H and O–H groups in total. The van der Waals surface area contributed by atoms with Crippen molar-refractivity contribution in [3.63, 3.8) is 0 Å². The van der Waals surface area contributed by atoms with Gasteiger partial charge < -0.3 is 9.40 Å². The first-order chi connectivity index (χ1) is 9.20. The topological polar surface area (TPSA) is 58.9 Å². The van der Waals surface area contributed by atoms with Crippen LogP contribution in [0, 0.1) is 6.92 Å². The first-order valence-electron chi connectivity index (χ1n) is 6.81. The van der Waals surface area contributed by atoms with Crippen LogP contribution in [0.2, 0.25) is 0 Å². The van der Waals surface area contributed by atoms with Gasteiger partial charge in [-0.2, -0.15) is 0 Å². The third-order valence-corrected chi connectivity index (χ3v) is 3.22. The number of rotatable bonds is 6. The fourth-order valence-corrected chi connectivity index (χ4v) is 2.18. The average Bonchev–Trinajstić information content (AvgIpc) is 2.85. The van der Waals surface area contributed by atoms with Crippen molar-refractivity contribution < 1.29 is 4.42 Å². The van der Waals surface area contributed by atoms with Gasteiger partial charge >= 0.3 is 0 Å². The number of nitrogens with zero attached hydrogens (tertiary/aromatic N) is 1. The van der Waals surface area contributed by atoms with Gasteiger partial charge in [0.25, 0.3) is 5.56 Å². The number of unbranched alkanes of at least 4 members (excludes halogenated alkanes) is 2. The fourth-order valence-electron chi connectivity index (χ4n) is 2.18. The zero-order chi connectivity index (χ0) is 13.7. The molecule has 19 heavy (non-hydrogen) atoms. The van der Waals surface area contributed by atoms with Gasteiger partial charge in [0.15, 0.2) is 0 Å². The second-order valence-corrected chi connectivity index (χ2v) is 4.79. The van der Waals surface area contributed by atoms with E-state index in [0.29, 0.717) is 12.2 Å². The summed E-state index contributed by atoms with van der Waals surface area (Å²) in [7, 11) is 0. The van der Waals surface area contributed by atoms with Gasteiger partial charge in [-0.3, -0.25) is 4.79 Å². The summed E-state index contributed by atoms with van der Waals surface area (Å²) in [4.78, 5) is 19.4. The number of hydrogen-bond donors (Lipinski definition) is 1. The van der Waals surface area contributed by atoms with Crippen molar-refractivity contribution in [1.29, 1.82) is 0 Å². The predicted octanol–water partition coefficient (Wildman–Crippen LogP) is 2.99. The third kappa shape index (κ3) is 3.56. The van der Waals surface area contributed by atoms with Crippen molar-refractivity contribution in [3.05, 3.63) is 51.6 Å². The maximum atomic E-state index is 12.1. The van der Waals surface area contributed by atoms with Crippen LogP contribution in [0.3, 0.4) is 0 Å². The van der Waals surface area contributed by atoms with E-state index in [0.717, 1.165) is 42.7 Å². The monoisotopic (exact) mass is 260 g/mol. The summed E-state index contributed by atoms with van der Waals surface area (Å²) in [5.74, 6) is 1.47. The smallest absolute Gasteiger partial charge is 0.254 e. The van der Waals surface area contributed by atoms with Crippen LogP contribution in [0.15, 0.2) is 27.6 Å². The van der Waals surface area contributed by atoms with Gasteiger partial charge in [-0.25, -0.2) is 4.98 Å². The van der Waals surface area contributed by atoms with Crippen LogP contribution in [-0.2, 0) is 12.8 Å². The molecule has 2 heterocycles. The summed E-state index contributed by atoms with van der Waals surface area (Å²) in [5, 5.41) is 0. The highest BCUT2D eigenvalue weighted by Gasteiger charge is 2.09. The van der Waals surface area contributed by atoms with Gasteiger partial charge in [0, 0.05) is 11.3 Å². The number of nitrogens with one attached hydrogen (secondary N) is 1. The summed E-state index contributed by atoms with van der Waals surface area (Å²) < 4.78 is 5.26. The number of H-pyrrole nitrogens is 1. The molecule has 0 saturated heterocycles. The van der Waals surface area contributed by atoms with E-state index in [1.54, 1.807) is 6.26 Å². The van der Waals surface area contributed by atoms with E-state index in [1.807, 2.05) is 19.1 Å². The zero-order valence-electron chi connectivity index (χ0n) is 11.5. The molecular weight excluding hydrogens is 240 g/mol. The molecule has 4 nitrogen and oxygen atoms in total. The highest BCUT2D eigenvalue weighted by atomic mass is 16.3. The van der Waals surface area contributed by atoms with E-state index in [1.165, 1.54) is 0 Å². The Labute approximate surface area is 112 Å². The highest BCUT2D eigenvalue weighted by molar-refractivity contribution is 5.18. The predicted molar refractivity (Wildman–Crippen MR) is 74.3 cm³/mol. The van der Waals surface area contributed by atoms with Gasteiger partial charge in [-0.1, -0.05) is 19.8 Å². The third-order valence-electron chi connectivity index (χ3n) is 3.22. The molecule has 102 valence electrons. The Kier molecular flexibility index (Phi) is 4.55. The summed E-state index contributed by atoms with van der Waals surface area (Å²) in [5.41, 5.74) is 1.64. The van der Waals surface area contributed by atoms with Gasteiger partial charge in [0.1, 0.15) is 11.6 Å². The van der Waals surface area contributed by atoms with E-state index in [-0.39, 0.29) is 5.56 Å². The van der Waals surface area contributed by atoms with E-state index >= 15 is 0 Å². The van der Waals surface area contributed by atoms with Gasteiger partial charge in [0.2, 0.25) is 0 Å². The van der Waals surface area contributed by atoms with Crippen LogP contribution in [0.25, 0.3) is 0 Å². The SMILES string of the molecule is CCCCCc1c(C)nc(Cc2ccco2)[nH]c1=O. The van der Waals surface area contributed by atoms with Crippen molar-refractivity contribution >= 4 is 0 Å². The molecule has 0 radical (unpaired) electrons. The lowest BCUT2D eigenvalue weighted by atomic mass is 10.1. The van der Waals surface area contributed by atoms with Crippen LogP contribution in [0.1, 0.15) is 49.0 Å². The van der Waals surface area contributed by atoms with Crippen LogP contribution in [0.5, 0.6) is 0 Å². The minimum atomic E-state index is -0.00911. The molecule has 0 saturated carbocycles. The molecule has 0 spiro atoms. The average molecular weight is 260 g/mol. The fraction of sp³-hybridized carbons (Fsp3) is 0.467. The minimum absolute atomic E-state index is 0.00911. The summed E-state index contributed by atoms with van der Waals surface area (Å²) in [6, 6.07) is 3.71. The molecule has 0 fully saturated rings. The van der Waals surface area contributed by atoms with Crippen molar-refractivity contribution in [1.82, 2.24) is 9.97 Å². The Hall–Kier alpha value is -1.84. The summed E-state index contributed by atoms with van der Waals surface area (Å²) in [6.45, 7) is 4.06. The molecule has 4 heteroatoms. The number of aryl methyl sites for hydroxylation is 1. The Morgan fingerprint density at radius 2 is 2.21 bits per heavy atom. The molecule has 0 aliphatic heterocycles. The molecule has 2 aromatic heterocycles. The summed E-state index contributed by atoms with van der Waals surface area (Å²) >= 11 is 0. The lowest BCUT2D eigenvalue weighted by molar-refractivity contribution is 0.516. The van der Waals surface area contributed by atoms with Crippen LogP contribution >= 0.6 is 0 Å². The van der Waals surface area contributed by atoms with Gasteiger partial charge in [0.05, 0.1) is 12.7 Å². The molecule has 0 aliphatic carbocycles. The van der Waals surface area contributed by atoms with Crippen molar-refractivity contribution in [2.45, 2.75) is 46.0 Å². The molecule has 0 unspecified atom stereocenters. The zero-order valence-corrected chi connectivity index (χ0v) is 11.5. The van der Waals surface area contributed by atoms with Crippen LogP contribution < -0.4 is 5.56 Å². The Balaban J connectivity index is 2.14. The number of furan rings is 1. The maximum absolute atomic E-state index is 12.1. The van der Waals surface area contributed by atoms with Crippen LogP contribution in [0.4, 0.5) is 0 Å². The molecule has 0 aliphatic rings. The quantitative estimate of drug-likeness (QED) is 0.812. The molecule has 0 atom stereocenters. The van der Waals surface area contributed by atoms with E-state index in [4.69, 9.17) is 4.42 Å². The minimum Gasteiger partial charge on any atom is -0.469 e. The molecule has 2 rings (SSSR count). The lowest BCUT2D eigenvalue weighted by Crippen LogP contribution is -2.19. The number of hydrogen-bond acceptors (Lipinski definition) is 3. The first kappa shape index (κ1) is 13.6. The van der Waals surface area contributed by atoms with Crippen molar-refractivity contribution in [3.8, 4) is 0 Å². The van der Waals surface area contributed by atoms with E-state index < -0.39 is 0 Å². The second kappa shape index (κ2) is 6.36. The largest absolute Gasteiger partial charge is 0.469 e. The summed E-state index contributed by atoms with van der Waals surface area (Å²) in [6.07, 6.45) is 6.30. The highest BCUT2D eigenvalue weighted by Crippen LogP contribution is 2.09.